The second kappa shape index (κ2) is 13.2. The molecule has 0 unspecified atom stereocenters. The van der Waals surface area contributed by atoms with Crippen LogP contribution in [0.25, 0.3) is 11.0 Å². The van der Waals surface area contributed by atoms with E-state index in [4.69, 9.17) is 16.3 Å². The van der Waals surface area contributed by atoms with Gasteiger partial charge in [-0.3, -0.25) is 4.57 Å². The molecule has 0 amide bonds. The van der Waals surface area contributed by atoms with Crippen molar-refractivity contribution in [2.24, 2.45) is 16.8 Å². The molecular weight excluding hydrogens is 370 g/mol. The van der Waals surface area contributed by atoms with Crippen molar-refractivity contribution in [2.75, 3.05) is 7.11 Å². The number of methoxy groups -OCH3 is 1. The first-order valence-corrected chi connectivity index (χ1v) is 10.2. The van der Waals surface area contributed by atoms with E-state index in [-0.39, 0.29) is 0 Å². The molecule has 156 valence electrons. The van der Waals surface area contributed by atoms with E-state index in [2.05, 4.69) is 51.2 Å². The maximum atomic E-state index is 6.28. The van der Waals surface area contributed by atoms with E-state index in [1.54, 1.807) is 17.8 Å². The smallest absolute Gasteiger partial charge is 0.209 e. The van der Waals surface area contributed by atoms with Crippen molar-refractivity contribution in [1.82, 2.24) is 9.55 Å². The zero-order chi connectivity index (χ0) is 21.9. The highest BCUT2D eigenvalue weighted by atomic mass is 35.5. The fraction of sp³-hybridized carbons (Fsp3) is 0.478. The van der Waals surface area contributed by atoms with Crippen LogP contribution in [0.5, 0.6) is 5.75 Å². The number of hydrogen-bond acceptors (Lipinski definition) is 3. The Morgan fingerprint density at radius 1 is 1.21 bits per heavy atom. The Morgan fingerprint density at radius 3 is 2.25 bits per heavy atom. The summed E-state index contributed by atoms with van der Waals surface area (Å²) in [6.07, 6.45) is 3.50. The maximum Gasteiger partial charge on any atom is 0.209 e. The number of halogens is 1. The minimum atomic E-state index is 0.345. The summed E-state index contributed by atoms with van der Waals surface area (Å²) < 4.78 is 7.03. The van der Waals surface area contributed by atoms with Crippen molar-refractivity contribution in [3.05, 3.63) is 47.9 Å². The maximum absolute atomic E-state index is 6.28. The zero-order valence-corrected chi connectivity index (χ0v) is 19.6. The lowest BCUT2D eigenvalue weighted by atomic mass is 10.1. The van der Waals surface area contributed by atoms with Crippen LogP contribution >= 0.6 is 11.6 Å². The molecule has 4 nitrogen and oxygen atoms in total. The molecule has 0 saturated heterocycles. The molecule has 5 heteroatoms. The van der Waals surface area contributed by atoms with Crippen LogP contribution in [-0.2, 0) is 0 Å². The molecule has 0 atom stereocenters. The average Bonchev–Trinajstić information content (AvgIpc) is 2.98. The van der Waals surface area contributed by atoms with Crippen LogP contribution in [0.15, 0.2) is 47.6 Å². The summed E-state index contributed by atoms with van der Waals surface area (Å²) in [5, 5.41) is 0.345. The molecule has 1 aromatic carbocycles. The van der Waals surface area contributed by atoms with Crippen molar-refractivity contribution in [1.29, 1.82) is 0 Å². The van der Waals surface area contributed by atoms with Gasteiger partial charge in [0.05, 0.1) is 18.1 Å². The van der Waals surface area contributed by atoms with E-state index < -0.39 is 0 Å². The summed E-state index contributed by atoms with van der Waals surface area (Å²) in [6.45, 7) is 20.6. The van der Waals surface area contributed by atoms with Gasteiger partial charge < -0.3 is 4.74 Å². The molecule has 0 bridgehead atoms. The summed E-state index contributed by atoms with van der Waals surface area (Å²) in [5.41, 5.74) is 2.79. The lowest BCUT2D eigenvalue weighted by Gasteiger charge is -2.07. The predicted octanol–water partition coefficient (Wildman–Crippen LogP) is 7.38. The van der Waals surface area contributed by atoms with Crippen LogP contribution in [0, 0.1) is 11.8 Å². The summed E-state index contributed by atoms with van der Waals surface area (Å²) in [6, 6.07) is 5.60. The molecule has 1 heterocycles. The first kappa shape index (κ1) is 25.9. The van der Waals surface area contributed by atoms with Gasteiger partial charge in [0.25, 0.3) is 0 Å². The summed E-state index contributed by atoms with van der Waals surface area (Å²) in [5.74, 6) is 2.63. The van der Waals surface area contributed by atoms with Crippen molar-refractivity contribution < 1.29 is 4.74 Å². The minimum absolute atomic E-state index is 0.345. The second-order valence-electron chi connectivity index (χ2n) is 7.02. The van der Waals surface area contributed by atoms with Gasteiger partial charge in [-0.1, -0.05) is 60.6 Å². The number of hydrogen-bond donors (Lipinski definition) is 0. The number of aromatic nitrogens is 2. The molecule has 0 aliphatic heterocycles. The van der Waals surface area contributed by atoms with E-state index in [1.165, 1.54) is 5.57 Å². The predicted molar refractivity (Wildman–Crippen MR) is 125 cm³/mol. The Bertz CT molecular complexity index is 799. The van der Waals surface area contributed by atoms with Crippen LogP contribution < -0.4 is 4.74 Å². The van der Waals surface area contributed by atoms with Crippen molar-refractivity contribution in [3.8, 4) is 5.75 Å². The molecule has 0 aliphatic carbocycles. The van der Waals surface area contributed by atoms with Gasteiger partial charge in [-0.15, -0.1) is 0 Å². The summed E-state index contributed by atoms with van der Waals surface area (Å²) in [4.78, 5) is 8.85. The molecule has 0 radical (unpaired) electrons. The average molecular weight is 406 g/mol. The lowest BCUT2D eigenvalue weighted by molar-refractivity contribution is 0.415. The highest BCUT2D eigenvalue weighted by Gasteiger charge is 2.12. The third-order valence-electron chi connectivity index (χ3n) is 3.54. The van der Waals surface area contributed by atoms with E-state index >= 15 is 0 Å². The number of aliphatic imine (C=N–C) groups is 1. The molecule has 0 saturated carbocycles. The van der Waals surface area contributed by atoms with Crippen LogP contribution in [-0.4, -0.2) is 22.5 Å². The number of nitrogens with zero attached hydrogens (tertiary/aromatic N) is 3. The van der Waals surface area contributed by atoms with E-state index in [0.29, 0.717) is 17.0 Å². The number of ether oxygens (including phenoxy) is 1. The topological polar surface area (TPSA) is 39.4 Å². The number of imidazole rings is 1. The first-order chi connectivity index (χ1) is 13.2. The monoisotopic (exact) mass is 405 g/mol. The standard InChI is InChI=1S/C17H20ClN3O.C4H10.C2H6/c1-6-16(19-10-12(4)11(2)3)21-15-9-13(22-5)7-8-14(15)20-17(21)18;1-4(2)3;1-2/h6-11H,1H2,2-5H3;4H,1-3H3;1-2H3/b12-10+,19-16?;;. The molecule has 0 spiro atoms. The molecule has 1 aromatic heterocycles. The third kappa shape index (κ3) is 7.89. The Hall–Kier alpha value is -2.07. The van der Waals surface area contributed by atoms with Crippen LogP contribution in [0.4, 0.5) is 0 Å². The normalized spacial score (nSPS) is 11.7. The number of allylic oxidation sites excluding steroid dienone is 2. The minimum Gasteiger partial charge on any atom is -0.497 e. The van der Waals surface area contributed by atoms with Gasteiger partial charge in [-0.25, -0.2) is 9.98 Å². The Morgan fingerprint density at radius 2 is 1.79 bits per heavy atom. The van der Waals surface area contributed by atoms with Crippen molar-refractivity contribution >= 4 is 28.5 Å². The van der Waals surface area contributed by atoms with E-state index in [0.717, 1.165) is 22.7 Å². The van der Waals surface area contributed by atoms with Crippen LogP contribution in [0.3, 0.4) is 0 Å². The van der Waals surface area contributed by atoms with Gasteiger partial charge in [0, 0.05) is 12.3 Å². The molecule has 2 rings (SSSR count). The molecule has 28 heavy (non-hydrogen) atoms. The van der Waals surface area contributed by atoms with Crippen molar-refractivity contribution in [2.45, 2.75) is 55.4 Å². The van der Waals surface area contributed by atoms with Crippen molar-refractivity contribution in [3.63, 3.8) is 0 Å². The highest BCUT2D eigenvalue weighted by Crippen LogP contribution is 2.24. The van der Waals surface area contributed by atoms with Gasteiger partial charge in [0.2, 0.25) is 5.28 Å². The highest BCUT2D eigenvalue weighted by molar-refractivity contribution is 6.31. The number of fused-ring (bicyclic) bond motifs is 1. The van der Waals surface area contributed by atoms with Gasteiger partial charge in [0.1, 0.15) is 11.6 Å². The SMILES string of the molecule is C=CC(=N/C=C(\C)C(C)C)n1c(Cl)nc2ccc(OC)cc21.CC.CC(C)C. The van der Waals surface area contributed by atoms with E-state index in [9.17, 15) is 0 Å². The summed E-state index contributed by atoms with van der Waals surface area (Å²) in [7, 11) is 1.63. The zero-order valence-electron chi connectivity index (χ0n) is 18.9. The molecule has 2 aromatic rings. The first-order valence-electron chi connectivity index (χ1n) is 9.80. The number of rotatable bonds is 4. The molecule has 0 fully saturated rings. The summed E-state index contributed by atoms with van der Waals surface area (Å²) >= 11 is 6.28. The van der Waals surface area contributed by atoms with E-state index in [1.807, 2.05) is 45.2 Å². The Kier molecular flexibility index (Phi) is 12.2. The van der Waals surface area contributed by atoms with Crippen LogP contribution in [0.1, 0.15) is 55.4 Å². The lowest BCUT2D eigenvalue weighted by Crippen LogP contribution is -2.08. The molecule has 0 aliphatic rings. The Balaban J connectivity index is 0.00000108. The van der Waals surface area contributed by atoms with Gasteiger partial charge in [-0.05, 0) is 48.6 Å². The second-order valence-corrected chi connectivity index (χ2v) is 7.36. The number of benzene rings is 1. The van der Waals surface area contributed by atoms with Crippen LogP contribution in [0.2, 0.25) is 5.28 Å². The fourth-order valence-corrected chi connectivity index (χ4v) is 2.16. The fourth-order valence-electron chi connectivity index (χ4n) is 1.89. The quantitative estimate of drug-likeness (QED) is 0.393. The molecule has 0 N–H and O–H groups in total. The largest absolute Gasteiger partial charge is 0.497 e. The molecular formula is C23H36ClN3O. The van der Waals surface area contributed by atoms with Gasteiger partial charge in [0.15, 0.2) is 0 Å². The van der Waals surface area contributed by atoms with Gasteiger partial charge >= 0.3 is 0 Å². The third-order valence-corrected chi connectivity index (χ3v) is 3.80. The Labute approximate surface area is 176 Å². The van der Waals surface area contributed by atoms with Gasteiger partial charge in [-0.2, -0.15) is 0 Å².